The van der Waals surface area contributed by atoms with E-state index in [4.69, 9.17) is 0 Å². The Hall–Kier alpha value is -0.170. The Bertz CT molecular complexity index is 296. The van der Waals surface area contributed by atoms with E-state index < -0.39 is 16.3 Å². The number of rotatable bonds is 6. The van der Waals surface area contributed by atoms with Crippen LogP contribution in [0.15, 0.2) is 0 Å². The molecule has 0 bridgehead atoms. The molecule has 0 radical (unpaired) electrons. The normalized spacial score (nSPS) is 24.9. The molecular formula is C8H16N2O3S. The molecule has 0 aromatic carbocycles. The fourth-order valence-electron chi connectivity index (χ4n) is 1.31. The van der Waals surface area contributed by atoms with Crippen molar-refractivity contribution in [2.24, 2.45) is 5.92 Å². The van der Waals surface area contributed by atoms with E-state index in [0.29, 0.717) is 5.92 Å². The van der Waals surface area contributed by atoms with Gasteiger partial charge >= 0.3 is 0 Å². The highest BCUT2D eigenvalue weighted by molar-refractivity contribution is 7.87. The summed E-state index contributed by atoms with van der Waals surface area (Å²) in [5, 5.41) is 9.45. The third kappa shape index (κ3) is 3.20. The smallest absolute Gasteiger partial charge is 0.277 e. The Balaban J connectivity index is 1.71. The topological polar surface area (TPSA) is 78.4 Å². The fraction of sp³-hybridized carbons (Fsp3) is 1.00. The second-order valence-electron chi connectivity index (χ2n) is 4.15. The van der Waals surface area contributed by atoms with Crippen LogP contribution in [0.2, 0.25) is 0 Å². The van der Waals surface area contributed by atoms with Crippen LogP contribution in [-0.4, -0.2) is 32.2 Å². The number of aliphatic hydroxyl groups excluding tert-OH is 1. The van der Waals surface area contributed by atoms with Gasteiger partial charge in [0.1, 0.15) is 0 Å². The van der Waals surface area contributed by atoms with Gasteiger partial charge in [-0.3, -0.25) is 0 Å². The molecule has 3 N–H and O–H groups in total. The van der Waals surface area contributed by atoms with Crippen molar-refractivity contribution in [3.8, 4) is 0 Å². The molecule has 1 atom stereocenters. The molecule has 0 amide bonds. The van der Waals surface area contributed by atoms with Crippen molar-refractivity contribution in [2.75, 3.05) is 6.54 Å². The molecule has 2 aliphatic carbocycles. The van der Waals surface area contributed by atoms with E-state index >= 15 is 0 Å². The maximum atomic E-state index is 11.3. The monoisotopic (exact) mass is 220 g/mol. The van der Waals surface area contributed by atoms with E-state index in [-0.39, 0.29) is 12.6 Å². The van der Waals surface area contributed by atoms with E-state index in [0.717, 1.165) is 25.7 Å². The minimum atomic E-state index is -3.38. The first-order valence-corrected chi connectivity index (χ1v) is 6.50. The second-order valence-corrected chi connectivity index (χ2v) is 5.68. The number of aliphatic hydroxyl groups is 1. The highest BCUT2D eigenvalue weighted by Crippen LogP contribution is 2.32. The SMILES string of the molecule is O=S(=O)(NCC(O)C1CC1)NC1CC1. The molecule has 6 heteroatoms. The summed E-state index contributed by atoms with van der Waals surface area (Å²) in [4.78, 5) is 0. The summed E-state index contributed by atoms with van der Waals surface area (Å²) in [6.07, 6.45) is 3.35. The van der Waals surface area contributed by atoms with Crippen molar-refractivity contribution < 1.29 is 13.5 Å². The molecule has 2 saturated carbocycles. The van der Waals surface area contributed by atoms with Gasteiger partial charge in [0.15, 0.2) is 0 Å². The Labute approximate surface area is 84.1 Å². The van der Waals surface area contributed by atoms with Gasteiger partial charge in [0.2, 0.25) is 0 Å². The first-order valence-electron chi connectivity index (χ1n) is 5.02. The molecule has 0 spiro atoms. The second kappa shape index (κ2) is 3.77. The molecule has 0 aliphatic heterocycles. The zero-order chi connectivity index (χ0) is 10.2. The average Bonchev–Trinajstić information content (AvgIpc) is 2.91. The summed E-state index contributed by atoms with van der Waals surface area (Å²) in [5.41, 5.74) is 0. The molecule has 2 aliphatic rings. The van der Waals surface area contributed by atoms with Crippen LogP contribution < -0.4 is 9.44 Å². The molecule has 0 saturated heterocycles. The summed E-state index contributed by atoms with van der Waals surface area (Å²) in [5.74, 6) is 0.304. The first-order chi connectivity index (χ1) is 6.57. The third-order valence-corrected chi connectivity index (χ3v) is 3.74. The van der Waals surface area contributed by atoms with Crippen molar-refractivity contribution >= 4 is 10.2 Å². The van der Waals surface area contributed by atoms with Crippen LogP contribution in [0.4, 0.5) is 0 Å². The fourth-order valence-corrected chi connectivity index (χ4v) is 2.45. The van der Waals surface area contributed by atoms with Crippen molar-refractivity contribution in [1.29, 1.82) is 0 Å². The Kier molecular flexibility index (Phi) is 2.79. The Morgan fingerprint density at radius 2 is 1.93 bits per heavy atom. The molecular weight excluding hydrogens is 204 g/mol. The molecule has 0 heterocycles. The molecule has 2 rings (SSSR count). The summed E-state index contributed by atoms with van der Waals surface area (Å²) in [7, 11) is -3.38. The molecule has 1 unspecified atom stereocenters. The molecule has 2 fully saturated rings. The molecule has 0 aromatic rings. The third-order valence-electron chi connectivity index (χ3n) is 2.55. The number of hydrogen-bond donors (Lipinski definition) is 3. The van der Waals surface area contributed by atoms with Gasteiger partial charge in [0.25, 0.3) is 10.2 Å². The largest absolute Gasteiger partial charge is 0.391 e. The van der Waals surface area contributed by atoms with Crippen molar-refractivity contribution in [3.05, 3.63) is 0 Å². The van der Waals surface area contributed by atoms with Gasteiger partial charge < -0.3 is 5.11 Å². The van der Waals surface area contributed by atoms with Crippen LogP contribution >= 0.6 is 0 Å². The minimum Gasteiger partial charge on any atom is -0.391 e. The van der Waals surface area contributed by atoms with Gasteiger partial charge in [-0.2, -0.15) is 17.9 Å². The summed E-state index contributed by atoms with van der Waals surface area (Å²) in [6.45, 7) is 0.132. The molecule has 14 heavy (non-hydrogen) atoms. The van der Waals surface area contributed by atoms with E-state index in [2.05, 4.69) is 9.44 Å². The van der Waals surface area contributed by atoms with Crippen molar-refractivity contribution in [1.82, 2.24) is 9.44 Å². The van der Waals surface area contributed by atoms with Crippen molar-refractivity contribution in [2.45, 2.75) is 37.8 Å². The lowest BCUT2D eigenvalue weighted by molar-refractivity contribution is 0.155. The lowest BCUT2D eigenvalue weighted by Gasteiger charge is -2.11. The highest BCUT2D eigenvalue weighted by atomic mass is 32.2. The van der Waals surface area contributed by atoms with E-state index in [1.54, 1.807) is 0 Å². The minimum absolute atomic E-state index is 0.116. The summed E-state index contributed by atoms with van der Waals surface area (Å²) >= 11 is 0. The van der Waals surface area contributed by atoms with E-state index in [1.807, 2.05) is 0 Å². The van der Waals surface area contributed by atoms with Crippen LogP contribution in [-0.2, 0) is 10.2 Å². The van der Waals surface area contributed by atoms with Gasteiger partial charge in [-0.1, -0.05) is 0 Å². The lowest BCUT2D eigenvalue weighted by Crippen LogP contribution is -2.41. The number of hydrogen-bond acceptors (Lipinski definition) is 3. The molecule has 5 nitrogen and oxygen atoms in total. The average molecular weight is 220 g/mol. The molecule has 0 aromatic heterocycles. The van der Waals surface area contributed by atoms with Gasteiger partial charge in [-0.15, -0.1) is 0 Å². The van der Waals surface area contributed by atoms with Crippen LogP contribution in [0.1, 0.15) is 25.7 Å². The Morgan fingerprint density at radius 1 is 1.29 bits per heavy atom. The summed E-state index contributed by atoms with van der Waals surface area (Å²) < 4.78 is 27.4. The van der Waals surface area contributed by atoms with Gasteiger partial charge in [0.05, 0.1) is 6.10 Å². The first kappa shape index (κ1) is 10.4. The quantitative estimate of drug-likeness (QED) is 0.556. The van der Waals surface area contributed by atoms with Gasteiger partial charge in [-0.05, 0) is 31.6 Å². The zero-order valence-corrected chi connectivity index (χ0v) is 8.76. The van der Waals surface area contributed by atoms with Crippen LogP contribution in [0, 0.1) is 5.92 Å². The predicted octanol–water partition coefficient (Wildman–Crippen LogP) is -0.656. The highest BCUT2D eigenvalue weighted by Gasteiger charge is 2.31. The predicted molar refractivity (Wildman–Crippen MR) is 51.8 cm³/mol. The maximum absolute atomic E-state index is 11.3. The molecule has 82 valence electrons. The van der Waals surface area contributed by atoms with E-state index in [1.165, 1.54) is 0 Å². The lowest BCUT2D eigenvalue weighted by atomic mass is 10.2. The Morgan fingerprint density at radius 3 is 2.43 bits per heavy atom. The summed E-state index contributed by atoms with van der Waals surface area (Å²) in [6, 6.07) is 0.116. The maximum Gasteiger partial charge on any atom is 0.277 e. The van der Waals surface area contributed by atoms with Crippen LogP contribution in [0.3, 0.4) is 0 Å². The van der Waals surface area contributed by atoms with E-state index in [9.17, 15) is 13.5 Å². The van der Waals surface area contributed by atoms with Gasteiger partial charge in [-0.25, -0.2) is 0 Å². The zero-order valence-electron chi connectivity index (χ0n) is 7.94. The number of nitrogens with one attached hydrogen (secondary N) is 2. The van der Waals surface area contributed by atoms with Crippen molar-refractivity contribution in [3.63, 3.8) is 0 Å². The standard InChI is InChI=1S/C8H16N2O3S/c11-8(6-1-2-6)5-9-14(12,13)10-7-3-4-7/h6-11H,1-5H2. The van der Waals surface area contributed by atoms with Crippen LogP contribution in [0.5, 0.6) is 0 Å². The van der Waals surface area contributed by atoms with Gasteiger partial charge in [0, 0.05) is 12.6 Å². The van der Waals surface area contributed by atoms with Crippen LogP contribution in [0.25, 0.3) is 0 Å².